The Hall–Kier alpha value is -3.21. The number of rotatable bonds is 5. The smallest absolute Gasteiger partial charge is 0.343 e. The molecule has 0 spiro atoms. The zero-order valence-electron chi connectivity index (χ0n) is 17.9. The number of aryl methyl sites for hydroxylation is 1. The van der Waals surface area contributed by atoms with Crippen molar-refractivity contribution in [3.8, 4) is 5.75 Å². The molecule has 2 aromatic rings. The van der Waals surface area contributed by atoms with Crippen LogP contribution in [0.4, 0.5) is 5.69 Å². The highest BCUT2D eigenvalue weighted by Gasteiger charge is 2.67. The van der Waals surface area contributed by atoms with Gasteiger partial charge in [0.2, 0.25) is 11.8 Å². The summed E-state index contributed by atoms with van der Waals surface area (Å²) in [4.78, 5) is 40.3. The van der Waals surface area contributed by atoms with Gasteiger partial charge in [-0.1, -0.05) is 37.6 Å². The number of carbonyl (C=O) groups excluding carboxylic acids is 3. The van der Waals surface area contributed by atoms with Gasteiger partial charge in [-0.25, -0.2) is 4.79 Å². The molecule has 2 aromatic carbocycles. The molecule has 6 atom stereocenters. The number of ether oxygens (including phenoxy) is 1. The van der Waals surface area contributed by atoms with Gasteiger partial charge in [0, 0.05) is 0 Å². The van der Waals surface area contributed by atoms with E-state index in [1.165, 1.54) is 10.5 Å². The SMILES string of the molecule is CCCc1ccc(OC(=O)c2ccc(N3C(=O)C4C5C=CC(C6CC56)C4C3=O)cc2)cc1. The Labute approximate surface area is 187 Å². The maximum Gasteiger partial charge on any atom is 0.343 e. The lowest BCUT2D eigenvalue weighted by Crippen LogP contribution is -2.40. The van der Waals surface area contributed by atoms with Gasteiger partial charge in [-0.2, -0.15) is 0 Å². The van der Waals surface area contributed by atoms with E-state index in [-0.39, 0.29) is 35.5 Å². The molecule has 32 heavy (non-hydrogen) atoms. The second-order valence-corrected chi connectivity index (χ2v) is 9.50. The maximum atomic E-state index is 13.2. The third-order valence-corrected chi connectivity index (χ3v) is 7.70. The van der Waals surface area contributed by atoms with E-state index < -0.39 is 5.97 Å². The number of esters is 1. The summed E-state index contributed by atoms with van der Waals surface area (Å²) in [6, 6.07) is 14.1. The molecule has 1 heterocycles. The van der Waals surface area contributed by atoms with Crippen LogP contribution in [-0.4, -0.2) is 17.8 Å². The molecule has 5 nitrogen and oxygen atoms in total. The van der Waals surface area contributed by atoms with Crippen LogP contribution in [0.15, 0.2) is 60.7 Å². The molecular formula is C27H25NO4. The van der Waals surface area contributed by atoms with Crippen LogP contribution in [0.25, 0.3) is 0 Å². The van der Waals surface area contributed by atoms with E-state index in [2.05, 4.69) is 19.1 Å². The molecule has 2 amide bonds. The third kappa shape index (κ3) is 2.87. The number of imide groups is 1. The minimum atomic E-state index is -0.463. The number of anilines is 1. The highest BCUT2D eigenvalue weighted by Crippen LogP contribution is 2.65. The largest absolute Gasteiger partial charge is 0.423 e. The first-order valence-electron chi connectivity index (χ1n) is 11.5. The van der Waals surface area contributed by atoms with Crippen LogP contribution in [0.5, 0.6) is 5.75 Å². The summed E-state index contributed by atoms with van der Waals surface area (Å²) in [5.74, 6) is 0.975. The Kier molecular flexibility index (Phi) is 4.36. The van der Waals surface area contributed by atoms with Crippen LogP contribution in [-0.2, 0) is 16.0 Å². The maximum absolute atomic E-state index is 13.2. The van der Waals surface area contributed by atoms with Gasteiger partial charge in [0.05, 0.1) is 23.1 Å². The fraction of sp³-hybridized carbons (Fsp3) is 0.370. The number of benzene rings is 2. The molecule has 2 bridgehead atoms. The Morgan fingerprint density at radius 3 is 2.06 bits per heavy atom. The first-order valence-corrected chi connectivity index (χ1v) is 11.5. The molecule has 5 heteroatoms. The normalized spacial score (nSPS) is 31.5. The number of hydrogen-bond donors (Lipinski definition) is 0. The van der Waals surface area contributed by atoms with Gasteiger partial charge >= 0.3 is 5.97 Å². The van der Waals surface area contributed by atoms with Gasteiger partial charge in [-0.3, -0.25) is 14.5 Å². The summed E-state index contributed by atoms with van der Waals surface area (Å²) in [5, 5.41) is 0. The predicted molar refractivity (Wildman–Crippen MR) is 119 cm³/mol. The Bertz CT molecular complexity index is 1100. The molecule has 0 N–H and O–H groups in total. The van der Waals surface area contributed by atoms with Gasteiger partial charge in [-0.05, 0) is 78.5 Å². The lowest BCUT2D eigenvalue weighted by molar-refractivity contribution is -0.124. The van der Waals surface area contributed by atoms with E-state index in [0.717, 1.165) is 19.3 Å². The van der Waals surface area contributed by atoms with E-state index in [1.54, 1.807) is 36.4 Å². The topological polar surface area (TPSA) is 63.7 Å². The van der Waals surface area contributed by atoms with Crippen molar-refractivity contribution >= 4 is 23.5 Å². The number of carbonyl (C=O) groups is 3. The van der Waals surface area contributed by atoms with Crippen molar-refractivity contribution in [2.45, 2.75) is 26.2 Å². The fourth-order valence-corrected chi connectivity index (χ4v) is 6.14. The lowest BCUT2D eigenvalue weighted by atomic mass is 9.63. The zero-order chi connectivity index (χ0) is 22.0. The number of allylic oxidation sites excluding steroid dienone is 2. The van der Waals surface area contributed by atoms with Crippen molar-refractivity contribution in [3.05, 3.63) is 71.8 Å². The Balaban J connectivity index is 1.18. The van der Waals surface area contributed by atoms with E-state index in [1.807, 2.05) is 12.1 Å². The molecule has 7 rings (SSSR count). The number of amides is 2. The molecule has 162 valence electrons. The van der Waals surface area contributed by atoms with Gasteiger partial charge in [0.25, 0.3) is 0 Å². The molecule has 5 aliphatic rings. The third-order valence-electron chi connectivity index (χ3n) is 7.70. The predicted octanol–water partition coefficient (Wildman–Crippen LogP) is 4.42. The second-order valence-electron chi connectivity index (χ2n) is 9.50. The average molecular weight is 428 g/mol. The van der Waals surface area contributed by atoms with Crippen molar-refractivity contribution < 1.29 is 19.1 Å². The average Bonchev–Trinajstić information content (AvgIpc) is 3.59. The zero-order valence-corrected chi connectivity index (χ0v) is 17.9. The minimum absolute atomic E-state index is 0.0906. The molecule has 0 radical (unpaired) electrons. The molecule has 6 unspecified atom stereocenters. The van der Waals surface area contributed by atoms with Crippen LogP contribution in [0.1, 0.15) is 35.7 Å². The molecule has 1 aliphatic heterocycles. The van der Waals surface area contributed by atoms with E-state index in [4.69, 9.17) is 4.74 Å². The molecule has 3 fully saturated rings. The molecule has 4 aliphatic carbocycles. The summed E-state index contributed by atoms with van der Waals surface area (Å²) in [7, 11) is 0. The summed E-state index contributed by atoms with van der Waals surface area (Å²) < 4.78 is 5.48. The van der Waals surface area contributed by atoms with Crippen molar-refractivity contribution in [2.24, 2.45) is 35.5 Å². The van der Waals surface area contributed by atoms with Crippen LogP contribution >= 0.6 is 0 Å². The molecule has 2 saturated carbocycles. The summed E-state index contributed by atoms with van der Waals surface area (Å²) in [5.41, 5.74) is 2.12. The highest BCUT2D eigenvalue weighted by atomic mass is 16.5. The summed E-state index contributed by atoms with van der Waals surface area (Å²) in [6.45, 7) is 2.12. The number of nitrogens with zero attached hydrogens (tertiary/aromatic N) is 1. The Morgan fingerprint density at radius 2 is 1.50 bits per heavy atom. The Morgan fingerprint density at radius 1 is 0.906 bits per heavy atom. The summed E-state index contributed by atoms with van der Waals surface area (Å²) >= 11 is 0. The monoisotopic (exact) mass is 427 g/mol. The summed E-state index contributed by atoms with van der Waals surface area (Å²) in [6.07, 6.45) is 7.54. The van der Waals surface area contributed by atoms with Crippen LogP contribution in [0.3, 0.4) is 0 Å². The van der Waals surface area contributed by atoms with Crippen molar-refractivity contribution in [2.75, 3.05) is 4.90 Å². The van der Waals surface area contributed by atoms with Gasteiger partial charge in [-0.15, -0.1) is 0 Å². The standard InChI is InChI=1S/C27H25NO4/c1-2-3-15-4-10-18(11-5-15)32-27(31)16-6-8-17(9-7-16)28-25(29)23-19-12-13-20(22-14-21(19)22)24(23)26(28)30/h4-13,19-24H,2-3,14H2,1H3. The highest BCUT2D eigenvalue weighted by molar-refractivity contribution is 6.22. The van der Waals surface area contributed by atoms with E-state index in [0.29, 0.717) is 28.8 Å². The van der Waals surface area contributed by atoms with Crippen molar-refractivity contribution in [3.63, 3.8) is 0 Å². The van der Waals surface area contributed by atoms with Gasteiger partial charge < -0.3 is 4.74 Å². The van der Waals surface area contributed by atoms with E-state index >= 15 is 0 Å². The number of hydrogen-bond acceptors (Lipinski definition) is 4. The fourth-order valence-electron chi connectivity index (χ4n) is 6.14. The van der Waals surface area contributed by atoms with Crippen LogP contribution in [0.2, 0.25) is 0 Å². The first kappa shape index (κ1) is 19.5. The van der Waals surface area contributed by atoms with Gasteiger partial charge in [0.15, 0.2) is 0 Å². The van der Waals surface area contributed by atoms with Gasteiger partial charge in [0.1, 0.15) is 5.75 Å². The minimum Gasteiger partial charge on any atom is -0.423 e. The quantitative estimate of drug-likeness (QED) is 0.307. The van der Waals surface area contributed by atoms with Crippen molar-refractivity contribution in [1.82, 2.24) is 0 Å². The van der Waals surface area contributed by atoms with Crippen LogP contribution < -0.4 is 9.64 Å². The molecule has 0 aromatic heterocycles. The first-order chi connectivity index (χ1) is 15.6. The lowest BCUT2D eigenvalue weighted by Gasteiger charge is -2.37. The van der Waals surface area contributed by atoms with E-state index in [9.17, 15) is 14.4 Å². The molecule has 1 saturated heterocycles. The van der Waals surface area contributed by atoms with Crippen LogP contribution in [0, 0.1) is 35.5 Å². The van der Waals surface area contributed by atoms with Crippen molar-refractivity contribution in [1.29, 1.82) is 0 Å². The second kappa shape index (κ2) is 7.16. The molecular weight excluding hydrogens is 402 g/mol.